The Balaban J connectivity index is 3.53. The molecule has 0 saturated carbocycles. The summed E-state index contributed by atoms with van der Waals surface area (Å²) in [5, 5.41) is 5.44. The van der Waals surface area contributed by atoms with Crippen LogP contribution in [0.5, 0.6) is 0 Å². The second-order valence-electron chi connectivity index (χ2n) is 2.86. The summed E-state index contributed by atoms with van der Waals surface area (Å²) >= 11 is 5.87. The zero-order chi connectivity index (χ0) is 10.2. The molecule has 3 nitrogen and oxygen atoms in total. The Morgan fingerprint density at radius 2 is 1.85 bits per heavy atom. The maximum absolute atomic E-state index is 11.0. The van der Waals surface area contributed by atoms with E-state index in [1.165, 1.54) is 6.07 Å². The zero-order valence-corrected chi connectivity index (χ0v) is 8.91. The maximum Gasteiger partial charge on any atom is 0.238 e. The predicted molar refractivity (Wildman–Crippen MR) is 52.3 cm³/mol. The van der Waals surface area contributed by atoms with E-state index in [2.05, 4.69) is 0 Å². The van der Waals surface area contributed by atoms with Crippen molar-refractivity contribution in [1.29, 1.82) is 0 Å². The molecule has 0 spiro atoms. The molecule has 72 valence electrons. The molecule has 0 aliphatic heterocycles. The molecule has 0 amide bonds. The van der Waals surface area contributed by atoms with Crippen molar-refractivity contribution >= 4 is 21.6 Å². The van der Waals surface area contributed by atoms with Crippen LogP contribution in [0.4, 0.5) is 0 Å². The highest BCUT2D eigenvalue weighted by molar-refractivity contribution is 7.89. The minimum atomic E-state index is -3.66. The van der Waals surface area contributed by atoms with Crippen molar-refractivity contribution in [2.24, 2.45) is 5.14 Å². The first-order valence-corrected chi connectivity index (χ1v) is 5.55. The van der Waals surface area contributed by atoms with Crippen LogP contribution in [0.25, 0.3) is 0 Å². The van der Waals surface area contributed by atoms with Gasteiger partial charge in [0.2, 0.25) is 10.0 Å². The number of sulfonamides is 1. The third-order valence-electron chi connectivity index (χ3n) is 1.84. The van der Waals surface area contributed by atoms with Crippen LogP contribution in [-0.2, 0) is 10.0 Å². The zero-order valence-electron chi connectivity index (χ0n) is 7.33. The standard InChI is InChI=1S/C8H10ClNO2S/c1-5-3-4-7(13(10,11)12)6(2)8(5)9/h3-4H,1-2H3,(H2,10,11,12). The Kier molecular flexibility index (Phi) is 2.66. The number of rotatable bonds is 1. The SMILES string of the molecule is Cc1ccc(S(N)(=O)=O)c(C)c1Cl. The van der Waals surface area contributed by atoms with Gasteiger partial charge in [-0.1, -0.05) is 17.7 Å². The summed E-state index contributed by atoms with van der Waals surface area (Å²) in [6.07, 6.45) is 0. The Morgan fingerprint density at radius 3 is 2.31 bits per heavy atom. The van der Waals surface area contributed by atoms with Gasteiger partial charge in [0.25, 0.3) is 0 Å². The molecule has 0 bridgehead atoms. The fourth-order valence-corrected chi connectivity index (χ4v) is 2.12. The van der Waals surface area contributed by atoms with Crippen molar-refractivity contribution in [2.45, 2.75) is 18.7 Å². The minimum Gasteiger partial charge on any atom is -0.225 e. The van der Waals surface area contributed by atoms with E-state index >= 15 is 0 Å². The fraction of sp³-hybridized carbons (Fsp3) is 0.250. The van der Waals surface area contributed by atoms with Crippen LogP contribution in [0.2, 0.25) is 5.02 Å². The van der Waals surface area contributed by atoms with Crippen LogP contribution in [0.1, 0.15) is 11.1 Å². The van der Waals surface area contributed by atoms with Crippen LogP contribution >= 0.6 is 11.6 Å². The van der Waals surface area contributed by atoms with Crippen molar-refractivity contribution < 1.29 is 8.42 Å². The Morgan fingerprint density at radius 1 is 1.31 bits per heavy atom. The smallest absolute Gasteiger partial charge is 0.225 e. The molecule has 0 saturated heterocycles. The first kappa shape index (κ1) is 10.5. The summed E-state index contributed by atoms with van der Waals surface area (Å²) in [7, 11) is -3.66. The monoisotopic (exact) mass is 219 g/mol. The molecule has 0 radical (unpaired) electrons. The first-order chi connectivity index (χ1) is 5.84. The highest BCUT2D eigenvalue weighted by atomic mass is 35.5. The third-order valence-corrected chi connectivity index (χ3v) is 3.47. The summed E-state index contributed by atoms with van der Waals surface area (Å²) < 4.78 is 22.1. The average molecular weight is 220 g/mol. The van der Waals surface area contributed by atoms with Gasteiger partial charge in [-0.05, 0) is 31.0 Å². The highest BCUT2D eigenvalue weighted by Crippen LogP contribution is 2.25. The molecule has 0 unspecified atom stereocenters. The summed E-state index contributed by atoms with van der Waals surface area (Å²) in [4.78, 5) is 0.0862. The van der Waals surface area contributed by atoms with E-state index in [1.807, 2.05) is 6.92 Å². The normalized spacial score (nSPS) is 11.7. The molecular weight excluding hydrogens is 210 g/mol. The van der Waals surface area contributed by atoms with E-state index in [9.17, 15) is 8.42 Å². The summed E-state index contributed by atoms with van der Waals surface area (Å²) in [5.41, 5.74) is 1.34. The number of benzene rings is 1. The van der Waals surface area contributed by atoms with E-state index in [1.54, 1.807) is 13.0 Å². The summed E-state index contributed by atoms with van der Waals surface area (Å²) in [6.45, 7) is 3.44. The van der Waals surface area contributed by atoms with Gasteiger partial charge in [-0.3, -0.25) is 0 Å². The van der Waals surface area contributed by atoms with Gasteiger partial charge in [-0.2, -0.15) is 0 Å². The first-order valence-electron chi connectivity index (χ1n) is 3.62. The van der Waals surface area contributed by atoms with Crippen molar-refractivity contribution in [3.63, 3.8) is 0 Å². The number of nitrogens with two attached hydrogens (primary N) is 1. The Labute approximate surface area is 82.6 Å². The lowest BCUT2D eigenvalue weighted by Crippen LogP contribution is -2.13. The van der Waals surface area contributed by atoms with Crippen LogP contribution in [0.3, 0.4) is 0 Å². The largest absolute Gasteiger partial charge is 0.238 e. The van der Waals surface area contributed by atoms with Crippen molar-refractivity contribution in [1.82, 2.24) is 0 Å². The van der Waals surface area contributed by atoms with Gasteiger partial charge >= 0.3 is 0 Å². The van der Waals surface area contributed by atoms with Gasteiger partial charge in [-0.25, -0.2) is 13.6 Å². The molecule has 2 N–H and O–H groups in total. The molecule has 1 aromatic rings. The summed E-state index contributed by atoms with van der Waals surface area (Å²) in [6, 6.07) is 3.10. The van der Waals surface area contributed by atoms with E-state index < -0.39 is 10.0 Å². The fourth-order valence-electron chi connectivity index (χ4n) is 1.11. The van der Waals surface area contributed by atoms with Crippen LogP contribution in [0, 0.1) is 13.8 Å². The second-order valence-corrected chi connectivity index (χ2v) is 4.77. The second kappa shape index (κ2) is 3.29. The van der Waals surface area contributed by atoms with Gasteiger partial charge in [0.15, 0.2) is 0 Å². The average Bonchev–Trinajstić information content (AvgIpc) is 1.98. The molecule has 13 heavy (non-hydrogen) atoms. The van der Waals surface area contributed by atoms with Gasteiger partial charge < -0.3 is 0 Å². The van der Waals surface area contributed by atoms with Gasteiger partial charge in [0, 0.05) is 5.02 Å². The molecule has 1 aromatic carbocycles. The van der Waals surface area contributed by atoms with Crippen LogP contribution < -0.4 is 5.14 Å². The molecule has 1 rings (SSSR count). The van der Waals surface area contributed by atoms with Gasteiger partial charge in [0.05, 0.1) is 4.90 Å². The predicted octanol–water partition coefficient (Wildman–Crippen LogP) is 1.60. The minimum absolute atomic E-state index is 0.0862. The topological polar surface area (TPSA) is 60.2 Å². The van der Waals surface area contributed by atoms with Crippen molar-refractivity contribution in [3.8, 4) is 0 Å². The van der Waals surface area contributed by atoms with Crippen LogP contribution in [-0.4, -0.2) is 8.42 Å². The molecule has 0 aliphatic rings. The maximum atomic E-state index is 11.0. The quantitative estimate of drug-likeness (QED) is 0.780. The lowest BCUT2D eigenvalue weighted by Gasteiger charge is -2.06. The van der Waals surface area contributed by atoms with E-state index in [0.29, 0.717) is 10.6 Å². The number of hydrogen-bond donors (Lipinski definition) is 1. The Bertz CT molecular complexity index is 440. The Hall–Kier alpha value is -0.580. The lowest BCUT2D eigenvalue weighted by atomic mass is 10.2. The van der Waals surface area contributed by atoms with Gasteiger partial charge in [0.1, 0.15) is 0 Å². The number of halogens is 1. The molecule has 5 heteroatoms. The van der Waals surface area contributed by atoms with E-state index in [4.69, 9.17) is 16.7 Å². The molecule has 0 fully saturated rings. The molecule has 0 atom stereocenters. The van der Waals surface area contributed by atoms with Crippen molar-refractivity contribution in [3.05, 3.63) is 28.3 Å². The third kappa shape index (κ3) is 2.02. The van der Waals surface area contributed by atoms with Crippen molar-refractivity contribution in [2.75, 3.05) is 0 Å². The number of primary sulfonamides is 1. The molecule has 0 aromatic heterocycles. The van der Waals surface area contributed by atoms with Crippen LogP contribution in [0.15, 0.2) is 17.0 Å². The van der Waals surface area contributed by atoms with Gasteiger partial charge in [-0.15, -0.1) is 0 Å². The highest BCUT2D eigenvalue weighted by Gasteiger charge is 2.14. The molecular formula is C8H10ClNO2S. The lowest BCUT2D eigenvalue weighted by molar-refractivity contribution is 0.597. The summed E-state index contributed by atoms with van der Waals surface area (Å²) in [5.74, 6) is 0. The number of aryl methyl sites for hydroxylation is 1. The molecule has 0 aliphatic carbocycles. The van der Waals surface area contributed by atoms with E-state index in [-0.39, 0.29) is 4.90 Å². The molecule has 0 heterocycles. The van der Waals surface area contributed by atoms with E-state index in [0.717, 1.165) is 5.56 Å². The number of hydrogen-bond acceptors (Lipinski definition) is 2.